The average molecular weight is 410 g/mol. The van der Waals surface area contributed by atoms with Gasteiger partial charge in [-0.2, -0.15) is 0 Å². The van der Waals surface area contributed by atoms with Gasteiger partial charge >= 0.3 is 5.97 Å². The molecule has 0 aliphatic carbocycles. The lowest BCUT2D eigenvalue weighted by molar-refractivity contribution is -0.144. The largest absolute Gasteiger partial charge is 0.461 e. The van der Waals surface area contributed by atoms with Crippen molar-refractivity contribution in [1.29, 1.82) is 0 Å². The lowest BCUT2D eigenvalue weighted by Gasteiger charge is -2.19. The Bertz CT molecular complexity index is 870. The highest BCUT2D eigenvalue weighted by Gasteiger charge is 2.15. The van der Waals surface area contributed by atoms with Crippen molar-refractivity contribution in [3.63, 3.8) is 0 Å². The standard InChI is InChI=1S/C20H24ClNO4S/c1-20(2,3)16-6-4-15(5-7-16)14-26-19(23)12-13-22-27(24,25)18-10-8-17(21)9-11-18/h4-11,22H,12-14H2,1-3H3. The van der Waals surface area contributed by atoms with Crippen molar-refractivity contribution in [3.8, 4) is 0 Å². The molecule has 0 aliphatic rings. The van der Waals surface area contributed by atoms with Gasteiger partial charge in [0.1, 0.15) is 6.61 Å². The number of hydrogen-bond acceptors (Lipinski definition) is 4. The minimum absolute atomic E-state index is 0.0350. The number of esters is 1. The van der Waals surface area contributed by atoms with Crippen LogP contribution >= 0.6 is 11.6 Å². The Hall–Kier alpha value is -1.89. The maximum absolute atomic E-state index is 12.1. The monoisotopic (exact) mass is 409 g/mol. The summed E-state index contributed by atoms with van der Waals surface area (Å²) >= 11 is 5.75. The number of rotatable bonds is 7. The van der Waals surface area contributed by atoms with E-state index in [1.807, 2.05) is 24.3 Å². The van der Waals surface area contributed by atoms with E-state index in [0.717, 1.165) is 5.56 Å². The topological polar surface area (TPSA) is 72.5 Å². The third kappa shape index (κ3) is 6.65. The maximum atomic E-state index is 12.1. The van der Waals surface area contributed by atoms with E-state index >= 15 is 0 Å². The second kappa shape index (κ2) is 8.87. The minimum atomic E-state index is -3.68. The fourth-order valence-electron chi connectivity index (χ4n) is 2.32. The Morgan fingerprint density at radius 1 is 1.04 bits per heavy atom. The number of carbonyl (C=O) groups excluding carboxylic acids is 1. The Balaban J connectivity index is 1.78. The summed E-state index contributed by atoms with van der Waals surface area (Å²) in [5.41, 5.74) is 2.16. The zero-order valence-corrected chi connectivity index (χ0v) is 17.2. The molecule has 7 heteroatoms. The first kappa shape index (κ1) is 21.4. The summed E-state index contributed by atoms with van der Waals surface area (Å²) in [6, 6.07) is 13.7. The quantitative estimate of drug-likeness (QED) is 0.700. The normalized spacial score (nSPS) is 12.0. The molecule has 0 spiro atoms. The molecule has 0 aromatic heterocycles. The SMILES string of the molecule is CC(C)(C)c1ccc(COC(=O)CCNS(=O)(=O)c2ccc(Cl)cc2)cc1. The summed E-state index contributed by atoms with van der Waals surface area (Å²) < 4.78 is 31.8. The molecule has 5 nitrogen and oxygen atoms in total. The molecular weight excluding hydrogens is 386 g/mol. The first-order valence-corrected chi connectivity index (χ1v) is 10.4. The van der Waals surface area contributed by atoms with Crippen molar-refractivity contribution in [1.82, 2.24) is 4.72 Å². The van der Waals surface area contributed by atoms with Gasteiger partial charge in [-0.25, -0.2) is 13.1 Å². The molecule has 0 unspecified atom stereocenters. The van der Waals surface area contributed by atoms with Gasteiger partial charge in [-0.3, -0.25) is 4.79 Å². The molecule has 2 aromatic rings. The summed E-state index contributed by atoms with van der Waals surface area (Å²) in [5.74, 6) is -0.464. The van der Waals surface area contributed by atoms with Crippen LogP contribution < -0.4 is 4.72 Å². The van der Waals surface area contributed by atoms with E-state index in [-0.39, 0.29) is 29.9 Å². The molecule has 0 saturated carbocycles. The lowest BCUT2D eigenvalue weighted by Crippen LogP contribution is -2.26. The van der Waals surface area contributed by atoms with Crippen LogP contribution in [0, 0.1) is 0 Å². The van der Waals surface area contributed by atoms with Gasteiger partial charge in [-0.15, -0.1) is 0 Å². The summed E-state index contributed by atoms with van der Waals surface area (Å²) in [6.45, 7) is 6.52. The van der Waals surface area contributed by atoms with Gasteiger partial charge in [0.2, 0.25) is 10.0 Å². The number of sulfonamides is 1. The third-order valence-corrected chi connectivity index (χ3v) is 5.69. The number of carbonyl (C=O) groups is 1. The molecule has 1 N–H and O–H groups in total. The lowest BCUT2D eigenvalue weighted by atomic mass is 9.87. The van der Waals surface area contributed by atoms with Crippen LogP contribution in [0.5, 0.6) is 0 Å². The molecule has 0 heterocycles. The highest BCUT2D eigenvalue weighted by Crippen LogP contribution is 2.22. The molecular formula is C20H24ClNO4S. The zero-order chi connectivity index (χ0) is 20.1. The maximum Gasteiger partial charge on any atom is 0.307 e. The van der Waals surface area contributed by atoms with Crippen LogP contribution in [-0.2, 0) is 31.6 Å². The molecule has 0 radical (unpaired) electrons. The van der Waals surface area contributed by atoms with Crippen molar-refractivity contribution in [3.05, 3.63) is 64.7 Å². The van der Waals surface area contributed by atoms with Gasteiger partial charge in [0, 0.05) is 11.6 Å². The molecule has 0 fully saturated rings. The molecule has 2 rings (SSSR count). The Kier molecular flexibility index (Phi) is 7.03. The van der Waals surface area contributed by atoms with E-state index in [4.69, 9.17) is 16.3 Å². The van der Waals surface area contributed by atoms with E-state index < -0.39 is 16.0 Å². The second-order valence-electron chi connectivity index (χ2n) is 7.21. The second-order valence-corrected chi connectivity index (χ2v) is 9.41. The molecule has 146 valence electrons. The van der Waals surface area contributed by atoms with E-state index in [1.54, 1.807) is 0 Å². The van der Waals surface area contributed by atoms with Crippen LogP contribution in [0.15, 0.2) is 53.4 Å². The van der Waals surface area contributed by atoms with Crippen molar-refractivity contribution in [2.75, 3.05) is 6.54 Å². The highest BCUT2D eigenvalue weighted by atomic mass is 35.5. The Labute approximate surface area is 165 Å². The fraction of sp³-hybridized carbons (Fsp3) is 0.350. The van der Waals surface area contributed by atoms with E-state index in [1.165, 1.54) is 29.8 Å². The molecule has 0 amide bonds. The number of halogens is 1. The van der Waals surface area contributed by atoms with Crippen LogP contribution in [0.25, 0.3) is 0 Å². The van der Waals surface area contributed by atoms with E-state index in [2.05, 4.69) is 25.5 Å². The van der Waals surface area contributed by atoms with Gasteiger partial charge in [-0.1, -0.05) is 56.6 Å². The van der Waals surface area contributed by atoms with Crippen molar-refractivity contribution < 1.29 is 17.9 Å². The first-order chi connectivity index (χ1) is 12.6. The zero-order valence-electron chi connectivity index (χ0n) is 15.7. The van der Waals surface area contributed by atoms with E-state index in [9.17, 15) is 13.2 Å². The first-order valence-electron chi connectivity index (χ1n) is 8.58. The van der Waals surface area contributed by atoms with Crippen LogP contribution in [0.3, 0.4) is 0 Å². The number of benzene rings is 2. The summed E-state index contributed by atoms with van der Waals surface area (Å²) in [5, 5.41) is 0.452. The van der Waals surface area contributed by atoms with E-state index in [0.29, 0.717) is 5.02 Å². The molecule has 2 aromatic carbocycles. The van der Waals surface area contributed by atoms with Gasteiger partial charge in [0.15, 0.2) is 0 Å². The number of hydrogen-bond donors (Lipinski definition) is 1. The average Bonchev–Trinajstić information content (AvgIpc) is 2.60. The van der Waals surface area contributed by atoms with Gasteiger partial charge < -0.3 is 4.74 Å². The Morgan fingerprint density at radius 2 is 1.63 bits per heavy atom. The third-order valence-electron chi connectivity index (χ3n) is 3.96. The summed E-state index contributed by atoms with van der Waals surface area (Å²) in [6.07, 6.45) is -0.0487. The van der Waals surface area contributed by atoms with Gasteiger partial charge in [-0.05, 0) is 40.8 Å². The molecule has 0 bridgehead atoms. The molecule has 0 aliphatic heterocycles. The molecule has 0 saturated heterocycles. The molecule has 0 atom stereocenters. The van der Waals surface area contributed by atoms with Crippen molar-refractivity contribution in [2.24, 2.45) is 0 Å². The van der Waals surface area contributed by atoms with Gasteiger partial charge in [0.05, 0.1) is 11.3 Å². The Morgan fingerprint density at radius 3 is 2.19 bits per heavy atom. The van der Waals surface area contributed by atoms with Gasteiger partial charge in [0.25, 0.3) is 0 Å². The minimum Gasteiger partial charge on any atom is -0.461 e. The molecule has 27 heavy (non-hydrogen) atoms. The summed E-state index contributed by atoms with van der Waals surface area (Å²) in [7, 11) is -3.68. The van der Waals surface area contributed by atoms with Crippen molar-refractivity contribution in [2.45, 2.75) is 44.1 Å². The fourth-order valence-corrected chi connectivity index (χ4v) is 3.48. The smallest absolute Gasteiger partial charge is 0.307 e. The number of ether oxygens (including phenoxy) is 1. The van der Waals surface area contributed by atoms with Crippen LogP contribution in [0.4, 0.5) is 0 Å². The predicted molar refractivity (Wildman–Crippen MR) is 106 cm³/mol. The number of nitrogens with one attached hydrogen (secondary N) is 1. The predicted octanol–water partition coefficient (Wildman–Crippen LogP) is 4.05. The van der Waals surface area contributed by atoms with Crippen LogP contribution in [0.1, 0.15) is 38.3 Å². The van der Waals surface area contributed by atoms with Crippen LogP contribution in [-0.4, -0.2) is 20.9 Å². The van der Waals surface area contributed by atoms with Crippen LogP contribution in [0.2, 0.25) is 5.02 Å². The van der Waals surface area contributed by atoms with Crippen molar-refractivity contribution >= 4 is 27.6 Å². The highest BCUT2D eigenvalue weighted by molar-refractivity contribution is 7.89. The summed E-state index contributed by atoms with van der Waals surface area (Å²) in [4.78, 5) is 11.9.